The molecule has 0 aliphatic rings. The molecule has 1 rings (SSSR count). The lowest BCUT2D eigenvalue weighted by molar-refractivity contribution is 0.785. The van der Waals surface area contributed by atoms with Crippen molar-refractivity contribution in [2.24, 2.45) is 5.73 Å². The Bertz CT molecular complexity index is 235. The summed E-state index contributed by atoms with van der Waals surface area (Å²) in [5, 5.41) is 0. The van der Waals surface area contributed by atoms with E-state index in [2.05, 4.69) is 37.3 Å². The predicted molar refractivity (Wildman–Crippen MR) is 65.9 cm³/mol. The van der Waals surface area contributed by atoms with Crippen LogP contribution >= 0.6 is 11.8 Å². The zero-order valence-electron chi connectivity index (χ0n) is 8.78. The van der Waals surface area contributed by atoms with Crippen LogP contribution in [0.2, 0.25) is 0 Å². The van der Waals surface area contributed by atoms with E-state index in [9.17, 15) is 0 Å². The molecule has 2 heteroatoms. The van der Waals surface area contributed by atoms with Gasteiger partial charge in [0.25, 0.3) is 0 Å². The number of hydrogen-bond donors (Lipinski definition) is 1. The van der Waals surface area contributed by atoms with Gasteiger partial charge in [0, 0.05) is 11.7 Å². The standard InChI is InChI=1S/C12H19NS/c1-2-8-14-10-12(9-13)11-6-4-3-5-7-11/h3-7,12H,2,8-10,13H2,1H3. The Morgan fingerprint density at radius 3 is 2.57 bits per heavy atom. The molecule has 1 atom stereocenters. The van der Waals surface area contributed by atoms with Gasteiger partial charge in [-0.15, -0.1) is 0 Å². The van der Waals surface area contributed by atoms with E-state index in [1.807, 2.05) is 11.8 Å². The zero-order valence-corrected chi connectivity index (χ0v) is 9.59. The number of benzene rings is 1. The molecule has 0 spiro atoms. The summed E-state index contributed by atoms with van der Waals surface area (Å²) in [6.07, 6.45) is 1.25. The second-order valence-electron chi connectivity index (χ2n) is 3.42. The fourth-order valence-corrected chi connectivity index (χ4v) is 2.46. The Morgan fingerprint density at radius 2 is 2.00 bits per heavy atom. The summed E-state index contributed by atoms with van der Waals surface area (Å²) in [7, 11) is 0. The summed E-state index contributed by atoms with van der Waals surface area (Å²) in [6, 6.07) is 10.6. The van der Waals surface area contributed by atoms with Crippen molar-refractivity contribution in [3.8, 4) is 0 Å². The van der Waals surface area contributed by atoms with Crippen molar-refractivity contribution in [3.05, 3.63) is 35.9 Å². The van der Waals surface area contributed by atoms with Crippen molar-refractivity contribution >= 4 is 11.8 Å². The molecule has 1 aromatic rings. The molecular weight excluding hydrogens is 190 g/mol. The van der Waals surface area contributed by atoms with E-state index in [0.29, 0.717) is 5.92 Å². The highest BCUT2D eigenvalue weighted by atomic mass is 32.2. The van der Waals surface area contributed by atoms with E-state index in [4.69, 9.17) is 5.73 Å². The van der Waals surface area contributed by atoms with Crippen LogP contribution in [-0.2, 0) is 0 Å². The number of thioether (sulfide) groups is 1. The third kappa shape index (κ3) is 3.72. The van der Waals surface area contributed by atoms with Crippen LogP contribution in [-0.4, -0.2) is 18.1 Å². The minimum atomic E-state index is 0.521. The van der Waals surface area contributed by atoms with Crippen molar-refractivity contribution in [1.29, 1.82) is 0 Å². The monoisotopic (exact) mass is 209 g/mol. The van der Waals surface area contributed by atoms with Crippen LogP contribution < -0.4 is 5.73 Å². The molecule has 0 aliphatic heterocycles. The molecule has 0 amide bonds. The van der Waals surface area contributed by atoms with Gasteiger partial charge in [-0.2, -0.15) is 11.8 Å². The number of nitrogens with two attached hydrogens (primary N) is 1. The molecule has 0 aromatic heterocycles. The molecule has 0 radical (unpaired) electrons. The largest absolute Gasteiger partial charge is 0.330 e. The fraction of sp³-hybridized carbons (Fsp3) is 0.500. The lowest BCUT2D eigenvalue weighted by atomic mass is 10.0. The van der Waals surface area contributed by atoms with Gasteiger partial charge in [0.05, 0.1) is 0 Å². The third-order valence-corrected chi connectivity index (χ3v) is 3.56. The molecule has 0 bridgehead atoms. The van der Waals surface area contributed by atoms with Crippen molar-refractivity contribution in [3.63, 3.8) is 0 Å². The van der Waals surface area contributed by atoms with Crippen LogP contribution in [0.1, 0.15) is 24.8 Å². The van der Waals surface area contributed by atoms with E-state index in [-0.39, 0.29) is 0 Å². The topological polar surface area (TPSA) is 26.0 Å². The molecule has 1 unspecified atom stereocenters. The Kier molecular flexibility index (Phi) is 5.72. The van der Waals surface area contributed by atoms with E-state index in [0.717, 1.165) is 12.3 Å². The predicted octanol–water partition coefficient (Wildman–Crippen LogP) is 2.87. The van der Waals surface area contributed by atoms with Crippen LogP contribution in [0.4, 0.5) is 0 Å². The average Bonchev–Trinajstić information content (AvgIpc) is 2.26. The summed E-state index contributed by atoms with van der Waals surface area (Å²) in [5.74, 6) is 2.91. The Balaban J connectivity index is 2.46. The Labute approximate surface area is 91.1 Å². The van der Waals surface area contributed by atoms with Crippen molar-refractivity contribution < 1.29 is 0 Å². The molecule has 0 saturated heterocycles. The van der Waals surface area contributed by atoms with Gasteiger partial charge in [-0.05, 0) is 24.3 Å². The third-order valence-electron chi connectivity index (χ3n) is 2.22. The van der Waals surface area contributed by atoms with Crippen LogP contribution in [0.25, 0.3) is 0 Å². The summed E-state index contributed by atoms with van der Waals surface area (Å²) < 4.78 is 0. The van der Waals surface area contributed by atoms with Crippen molar-refractivity contribution in [1.82, 2.24) is 0 Å². The van der Waals surface area contributed by atoms with Crippen LogP contribution in [0.5, 0.6) is 0 Å². The van der Waals surface area contributed by atoms with Gasteiger partial charge in [0.1, 0.15) is 0 Å². The second kappa shape index (κ2) is 6.91. The maximum absolute atomic E-state index is 5.77. The zero-order chi connectivity index (χ0) is 10.2. The van der Waals surface area contributed by atoms with Crippen LogP contribution in [0.3, 0.4) is 0 Å². The van der Waals surface area contributed by atoms with Crippen LogP contribution in [0, 0.1) is 0 Å². The maximum atomic E-state index is 5.77. The molecule has 2 N–H and O–H groups in total. The van der Waals surface area contributed by atoms with Gasteiger partial charge >= 0.3 is 0 Å². The lowest BCUT2D eigenvalue weighted by Gasteiger charge is -2.14. The van der Waals surface area contributed by atoms with E-state index in [1.54, 1.807) is 0 Å². The molecule has 0 aliphatic carbocycles. The normalized spacial score (nSPS) is 12.7. The molecule has 14 heavy (non-hydrogen) atoms. The highest BCUT2D eigenvalue weighted by molar-refractivity contribution is 7.99. The fourth-order valence-electron chi connectivity index (χ4n) is 1.40. The first-order chi connectivity index (χ1) is 6.88. The average molecular weight is 209 g/mol. The first-order valence-corrected chi connectivity index (χ1v) is 6.36. The first kappa shape index (κ1) is 11.6. The van der Waals surface area contributed by atoms with Crippen LogP contribution in [0.15, 0.2) is 30.3 Å². The highest BCUT2D eigenvalue weighted by Crippen LogP contribution is 2.19. The summed E-state index contributed by atoms with van der Waals surface area (Å²) in [4.78, 5) is 0. The SMILES string of the molecule is CCCSCC(CN)c1ccccc1. The Morgan fingerprint density at radius 1 is 1.29 bits per heavy atom. The molecular formula is C12H19NS. The highest BCUT2D eigenvalue weighted by Gasteiger charge is 2.08. The maximum Gasteiger partial charge on any atom is 0.00519 e. The molecule has 0 heterocycles. The van der Waals surface area contributed by atoms with Gasteiger partial charge < -0.3 is 5.73 Å². The van der Waals surface area contributed by atoms with Gasteiger partial charge in [-0.1, -0.05) is 37.3 Å². The Hall–Kier alpha value is -0.470. The molecule has 1 aromatic carbocycles. The quantitative estimate of drug-likeness (QED) is 0.729. The smallest absolute Gasteiger partial charge is 0.00519 e. The van der Waals surface area contributed by atoms with Crippen molar-refractivity contribution in [2.75, 3.05) is 18.1 Å². The molecule has 78 valence electrons. The minimum Gasteiger partial charge on any atom is -0.330 e. The van der Waals surface area contributed by atoms with E-state index >= 15 is 0 Å². The number of rotatable bonds is 6. The second-order valence-corrected chi connectivity index (χ2v) is 4.57. The van der Waals surface area contributed by atoms with E-state index in [1.165, 1.54) is 17.7 Å². The van der Waals surface area contributed by atoms with Gasteiger partial charge in [-0.3, -0.25) is 0 Å². The summed E-state index contributed by atoms with van der Waals surface area (Å²) in [6.45, 7) is 2.97. The summed E-state index contributed by atoms with van der Waals surface area (Å²) in [5.41, 5.74) is 7.15. The lowest BCUT2D eigenvalue weighted by Crippen LogP contribution is -2.14. The first-order valence-electron chi connectivity index (χ1n) is 5.21. The van der Waals surface area contributed by atoms with Gasteiger partial charge in [-0.25, -0.2) is 0 Å². The van der Waals surface area contributed by atoms with E-state index < -0.39 is 0 Å². The summed E-state index contributed by atoms with van der Waals surface area (Å²) >= 11 is 2.00. The van der Waals surface area contributed by atoms with Crippen molar-refractivity contribution in [2.45, 2.75) is 19.3 Å². The molecule has 1 nitrogen and oxygen atoms in total. The molecule has 0 fully saturated rings. The number of hydrogen-bond acceptors (Lipinski definition) is 2. The molecule has 0 saturated carbocycles. The van der Waals surface area contributed by atoms with Gasteiger partial charge in [0.2, 0.25) is 0 Å². The van der Waals surface area contributed by atoms with Gasteiger partial charge in [0.15, 0.2) is 0 Å². The minimum absolute atomic E-state index is 0.521.